The van der Waals surface area contributed by atoms with Crippen molar-refractivity contribution in [1.29, 1.82) is 0 Å². The average Bonchev–Trinajstić information content (AvgIpc) is 3.38. The lowest BCUT2D eigenvalue weighted by molar-refractivity contribution is 0.257. The van der Waals surface area contributed by atoms with E-state index >= 15 is 0 Å². The van der Waals surface area contributed by atoms with Gasteiger partial charge in [0, 0.05) is 31.7 Å². The molecule has 0 spiro atoms. The molecule has 9 heteroatoms. The average molecular weight is 477 g/mol. The van der Waals surface area contributed by atoms with E-state index in [-0.39, 0.29) is 17.5 Å². The van der Waals surface area contributed by atoms with Crippen LogP contribution in [0.1, 0.15) is 69.3 Å². The summed E-state index contributed by atoms with van der Waals surface area (Å²) in [6.45, 7) is 14.5. The van der Waals surface area contributed by atoms with Crippen molar-refractivity contribution in [2.24, 2.45) is 15.0 Å². The SMILES string of the molecule is Cc1noc(C2CCN(C3=NC4N=CN(C)C4(C)C(Nc4cc(C(C)(C)C)ccc4C)=N3)CC2)n1. The number of piperidine rings is 1. The Morgan fingerprint density at radius 3 is 2.54 bits per heavy atom. The highest BCUT2D eigenvalue weighted by molar-refractivity contribution is 6.12. The van der Waals surface area contributed by atoms with E-state index in [1.807, 2.05) is 20.3 Å². The second-order valence-corrected chi connectivity index (χ2v) is 11.1. The van der Waals surface area contributed by atoms with Crippen LogP contribution in [0, 0.1) is 13.8 Å². The van der Waals surface area contributed by atoms with Crippen LogP contribution in [0.5, 0.6) is 0 Å². The van der Waals surface area contributed by atoms with Crippen molar-refractivity contribution in [1.82, 2.24) is 19.9 Å². The van der Waals surface area contributed by atoms with E-state index in [0.717, 1.165) is 49.3 Å². The maximum atomic E-state index is 5.42. The van der Waals surface area contributed by atoms with Gasteiger partial charge in [0.25, 0.3) is 0 Å². The van der Waals surface area contributed by atoms with Crippen molar-refractivity contribution in [2.45, 2.75) is 77.4 Å². The fraction of sp³-hybridized carbons (Fsp3) is 0.577. The van der Waals surface area contributed by atoms with Gasteiger partial charge in [-0.3, -0.25) is 0 Å². The zero-order valence-corrected chi connectivity index (χ0v) is 21.8. The molecular formula is C26H36N8O. The van der Waals surface area contributed by atoms with Crippen LogP contribution in [0.4, 0.5) is 5.69 Å². The number of hydrogen-bond donors (Lipinski definition) is 1. The Bertz CT molecular complexity index is 1200. The molecule has 1 N–H and O–H groups in total. The Morgan fingerprint density at radius 2 is 1.89 bits per heavy atom. The van der Waals surface area contributed by atoms with Gasteiger partial charge in [-0.2, -0.15) is 9.98 Å². The summed E-state index contributed by atoms with van der Waals surface area (Å²) < 4.78 is 5.42. The van der Waals surface area contributed by atoms with Gasteiger partial charge in [0.05, 0.1) is 6.34 Å². The van der Waals surface area contributed by atoms with Gasteiger partial charge in [-0.05, 0) is 56.2 Å². The molecule has 1 aromatic carbocycles. The Hall–Kier alpha value is -3.23. The van der Waals surface area contributed by atoms with Gasteiger partial charge >= 0.3 is 0 Å². The monoisotopic (exact) mass is 476 g/mol. The number of benzene rings is 1. The molecule has 5 rings (SSSR count). The van der Waals surface area contributed by atoms with Gasteiger partial charge in [0.15, 0.2) is 12.0 Å². The van der Waals surface area contributed by atoms with Crippen molar-refractivity contribution in [3.05, 3.63) is 41.0 Å². The summed E-state index contributed by atoms with van der Waals surface area (Å²) in [5.74, 6) is 3.32. The topological polar surface area (TPSA) is 94.5 Å². The predicted octanol–water partition coefficient (Wildman–Crippen LogP) is 4.10. The lowest BCUT2D eigenvalue weighted by Gasteiger charge is -2.41. The van der Waals surface area contributed by atoms with Crippen LogP contribution in [-0.2, 0) is 5.41 Å². The van der Waals surface area contributed by atoms with Gasteiger partial charge in [0.1, 0.15) is 11.4 Å². The van der Waals surface area contributed by atoms with Crippen LogP contribution in [0.2, 0.25) is 0 Å². The fourth-order valence-electron chi connectivity index (χ4n) is 4.87. The number of aliphatic imine (C=N–C) groups is 3. The van der Waals surface area contributed by atoms with Crippen molar-refractivity contribution >= 4 is 23.8 Å². The Kier molecular flexibility index (Phi) is 5.68. The molecular weight excluding hydrogens is 440 g/mol. The lowest BCUT2D eigenvalue weighted by atomic mass is 9.86. The van der Waals surface area contributed by atoms with E-state index in [0.29, 0.717) is 5.82 Å². The first-order valence-corrected chi connectivity index (χ1v) is 12.4. The third-order valence-corrected chi connectivity index (χ3v) is 7.57. The number of amidine groups is 1. The smallest absolute Gasteiger partial charge is 0.229 e. The molecule has 0 radical (unpaired) electrons. The second kappa shape index (κ2) is 8.46. The van der Waals surface area contributed by atoms with Gasteiger partial charge in [-0.1, -0.05) is 38.1 Å². The van der Waals surface area contributed by atoms with E-state index in [4.69, 9.17) is 19.5 Å². The third-order valence-electron chi connectivity index (χ3n) is 7.57. The minimum absolute atomic E-state index is 0.0616. The molecule has 186 valence electrons. The summed E-state index contributed by atoms with van der Waals surface area (Å²) in [7, 11) is 2.04. The van der Waals surface area contributed by atoms with Crippen molar-refractivity contribution < 1.29 is 4.52 Å². The summed E-state index contributed by atoms with van der Waals surface area (Å²) in [5.41, 5.74) is 3.14. The van der Waals surface area contributed by atoms with Crippen LogP contribution in [0.15, 0.2) is 37.7 Å². The highest BCUT2D eigenvalue weighted by Gasteiger charge is 2.49. The summed E-state index contributed by atoms with van der Waals surface area (Å²) in [5, 5.41) is 7.65. The molecule has 1 aromatic heterocycles. The lowest BCUT2D eigenvalue weighted by Crippen LogP contribution is -2.58. The summed E-state index contributed by atoms with van der Waals surface area (Å²) >= 11 is 0. The number of nitrogens with one attached hydrogen (secondary N) is 1. The number of anilines is 1. The number of guanidine groups is 1. The summed E-state index contributed by atoms with van der Waals surface area (Å²) in [6.07, 6.45) is 3.48. The molecule has 9 nitrogen and oxygen atoms in total. The number of nitrogens with zero attached hydrogens (tertiary/aromatic N) is 7. The zero-order valence-electron chi connectivity index (χ0n) is 21.8. The highest BCUT2D eigenvalue weighted by atomic mass is 16.5. The normalized spacial score (nSPS) is 24.9. The van der Waals surface area contributed by atoms with Gasteiger partial charge in [-0.25, -0.2) is 9.98 Å². The van der Waals surface area contributed by atoms with E-state index in [1.165, 1.54) is 11.1 Å². The van der Waals surface area contributed by atoms with Crippen molar-refractivity contribution in [3.8, 4) is 0 Å². The standard InChI is InChI=1S/C26H36N8O/c1-16-8-9-19(25(3,4)5)14-20(16)29-23-26(6)22(27-15-33(26)7)30-24(31-23)34-12-10-18(11-13-34)21-28-17(2)32-35-21/h8-9,14-15,18,22H,10-13H2,1-7H3,(H,29,30,31). The van der Waals surface area contributed by atoms with E-state index < -0.39 is 5.54 Å². The first-order valence-electron chi connectivity index (χ1n) is 12.4. The summed E-state index contributed by atoms with van der Waals surface area (Å²) in [4.78, 5) is 23.6. The molecule has 3 aliphatic heterocycles. The fourth-order valence-corrected chi connectivity index (χ4v) is 4.87. The number of hydrogen-bond acceptors (Lipinski definition) is 9. The molecule has 3 aliphatic rings. The largest absolute Gasteiger partial charge is 0.350 e. The summed E-state index contributed by atoms with van der Waals surface area (Å²) in [6, 6.07) is 6.63. The molecule has 0 bridgehead atoms. The molecule has 1 saturated heterocycles. The van der Waals surface area contributed by atoms with Crippen molar-refractivity contribution in [2.75, 3.05) is 25.5 Å². The first kappa shape index (κ1) is 23.5. The number of fused-ring (bicyclic) bond motifs is 1. The Morgan fingerprint density at radius 1 is 1.14 bits per heavy atom. The van der Waals surface area contributed by atoms with Crippen LogP contribution < -0.4 is 5.32 Å². The molecule has 0 amide bonds. The van der Waals surface area contributed by atoms with Gasteiger partial charge < -0.3 is 19.6 Å². The first-order chi connectivity index (χ1) is 16.6. The molecule has 35 heavy (non-hydrogen) atoms. The molecule has 2 atom stereocenters. The third kappa shape index (κ3) is 4.21. The van der Waals surface area contributed by atoms with Gasteiger partial charge in [0.2, 0.25) is 11.9 Å². The maximum Gasteiger partial charge on any atom is 0.229 e. The number of rotatable bonds is 2. The second-order valence-electron chi connectivity index (χ2n) is 11.1. The number of likely N-dealkylation sites (N-methyl/N-ethyl adjacent to an activating group) is 1. The van der Waals surface area contributed by atoms with E-state index in [2.05, 4.69) is 78.1 Å². The zero-order chi connectivity index (χ0) is 25.0. The number of aryl methyl sites for hydroxylation is 2. The number of aromatic nitrogens is 2. The van der Waals surface area contributed by atoms with Crippen molar-refractivity contribution in [3.63, 3.8) is 0 Å². The van der Waals surface area contributed by atoms with Crippen LogP contribution in [-0.4, -0.2) is 69.9 Å². The van der Waals surface area contributed by atoms with Crippen LogP contribution in [0.3, 0.4) is 0 Å². The number of likely N-dealkylation sites (tertiary alicyclic amines) is 1. The predicted molar refractivity (Wildman–Crippen MR) is 139 cm³/mol. The maximum absolute atomic E-state index is 5.42. The van der Waals surface area contributed by atoms with Crippen LogP contribution in [0.25, 0.3) is 0 Å². The Balaban J connectivity index is 1.42. The van der Waals surface area contributed by atoms with Crippen LogP contribution >= 0.6 is 0 Å². The minimum Gasteiger partial charge on any atom is -0.350 e. The molecule has 2 unspecified atom stereocenters. The van der Waals surface area contributed by atoms with E-state index in [1.54, 1.807) is 0 Å². The molecule has 0 saturated carbocycles. The minimum atomic E-state index is -0.465. The molecule has 1 fully saturated rings. The quantitative estimate of drug-likeness (QED) is 0.701. The molecule has 2 aromatic rings. The highest BCUT2D eigenvalue weighted by Crippen LogP contribution is 2.35. The Labute approximate surface area is 207 Å². The van der Waals surface area contributed by atoms with Gasteiger partial charge in [-0.15, -0.1) is 0 Å². The molecule has 4 heterocycles. The molecule has 0 aliphatic carbocycles. The van der Waals surface area contributed by atoms with E-state index in [9.17, 15) is 0 Å².